The largest absolute Gasteiger partial charge is 0.469 e. The van der Waals surface area contributed by atoms with Gasteiger partial charge >= 0.3 is 5.97 Å². The number of H-pyrrole nitrogens is 1. The van der Waals surface area contributed by atoms with Crippen LogP contribution in [-0.2, 0) is 21.4 Å². The average molecular weight is 621 g/mol. The number of benzene rings is 1. The Kier molecular flexibility index (Phi) is 6.03. The summed E-state index contributed by atoms with van der Waals surface area (Å²) in [5.74, 6) is 2.76. The maximum absolute atomic E-state index is 13.6. The molecule has 0 unspecified atom stereocenters. The average Bonchev–Trinajstić information content (AvgIpc) is 3.28. The van der Waals surface area contributed by atoms with Crippen molar-refractivity contribution in [2.45, 2.75) is 105 Å². The van der Waals surface area contributed by atoms with Gasteiger partial charge in [-0.25, -0.2) is 0 Å². The zero-order valence-electron chi connectivity index (χ0n) is 26.5. The Labute approximate surface area is 255 Å². The number of carbonyl (C=O) groups excluding carboxylic acids is 1. The van der Waals surface area contributed by atoms with Gasteiger partial charge in [-0.05, 0) is 121 Å². The maximum atomic E-state index is 13.6. The number of methoxy groups -OCH3 is 1. The highest BCUT2D eigenvalue weighted by molar-refractivity contribution is 9.10. The first-order valence-corrected chi connectivity index (χ1v) is 17.1. The van der Waals surface area contributed by atoms with E-state index in [1.807, 2.05) is 0 Å². The van der Waals surface area contributed by atoms with Gasteiger partial charge in [0, 0.05) is 26.5 Å². The predicted molar refractivity (Wildman–Crippen MR) is 171 cm³/mol. The number of allylic oxidation sites excluding steroid dienone is 2. The van der Waals surface area contributed by atoms with Crippen LogP contribution in [-0.4, -0.2) is 18.1 Å². The van der Waals surface area contributed by atoms with Crippen molar-refractivity contribution in [2.24, 2.45) is 51.2 Å². The molecule has 5 aliphatic rings. The van der Waals surface area contributed by atoms with Crippen LogP contribution < -0.4 is 0 Å². The number of carbonyl (C=O) groups is 1. The second-order valence-electron chi connectivity index (χ2n) is 16.4. The Morgan fingerprint density at radius 2 is 1.76 bits per heavy atom. The minimum atomic E-state index is -0.338. The van der Waals surface area contributed by atoms with Gasteiger partial charge in [0.25, 0.3) is 0 Å². The van der Waals surface area contributed by atoms with Crippen LogP contribution in [0.3, 0.4) is 0 Å². The monoisotopic (exact) mass is 619 g/mol. The molecule has 3 saturated carbocycles. The van der Waals surface area contributed by atoms with E-state index in [-0.39, 0.29) is 33.0 Å². The number of esters is 1. The van der Waals surface area contributed by atoms with E-state index in [1.54, 1.807) is 18.2 Å². The first-order chi connectivity index (χ1) is 19.2. The fourth-order valence-electron chi connectivity index (χ4n) is 12.4. The Hall–Kier alpha value is -1.55. The Balaban J connectivity index is 1.37. The van der Waals surface area contributed by atoms with Crippen LogP contribution in [0.4, 0.5) is 0 Å². The van der Waals surface area contributed by atoms with Crippen molar-refractivity contribution in [3.8, 4) is 0 Å². The van der Waals surface area contributed by atoms with Gasteiger partial charge in [-0.3, -0.25) is 4.79 Å². The molecule has 0 radical (unpaired) electrons. The van der Waals surface area contributed by atoms with Crippen LogP contribution in [0.5, 0.6) is 0 Å². The number of rotatable bonds is 1. The fraction of sp³-hybridized carbons (Fsp3) is 0.703. The summed E-state index contributed by atoms with van der Waals surface area (Å²) in [6, 6.07) is 6.76. The Morgan fingerprint density at radius 1 is 1.00 bits per heavy atom. The molecule has 1 aromatic carbocycles. The Morgan fingerprint density at radius 3 is 2.49 bits per heavy atom. The molecule has 4 heteroatoms. The molecule has 2 aromatic rings. The third kappa shape index (κ3) is 3.35. The minimum absolute atomic E-state index is 0.0548. The first-order valence-electron chi connectivity index (χ1n) is 16.3. The third-order valence-corrected chi connectivity index (χ3v) is 15.3. The van der Waals surface area contributed by atoms with Crippen LogP contribution in [0.15, 0.2) is 34.3 Å². The van der Waals surface area contributed by atoms with Crippen molar-refractivity contribution in [3.63, 3.8) is 0 Å². The van der Waals surface area contributed by atoms with Gasteiger partial charge in [0.05, 0.1) is 12.5 Å². The molecule has 222 valence electrons. The molecular formula is C37H50BrNO2. The van der Waals surface area contributed by atoms with Crippen molar-refractivity contribution in [2.75, 3.05) is 7.11 Å². The van der Waals surface area contributed by atoms with E-state index in [0.717, 1.165) is 43.0 Å². The lowest BCUT2D eigenvalue weighted by Gasteiger charge is -2.70. The predicted octanol–water partition coefficient (Wildman–Crippen LogP) is 9.77. The summed E-state index contributed by atoms with van der Waals surface area (Å²) in [7, 11) is 1.61. The molecule has 1 aromatic heterocycles. The second kappa shape index (κ2) is 8.76. The number of aromatic nitrogens is 1. The Bertz CT molecular complexity index is 1470. The molecule has 0 amide bonds. The van der Waals surface area contributed by atoms with E-state index in [1.165, 1.54) is 29.4 Å². The number of hydrogen-bond donors (Lipinski definition) is 1. The van der Waals surface area contributed by atoms with Crippen LogP contribution >= 0.6 is 15.9 Å². The summed E-state index contributed by atoms with van der Waals surface area (Å²) in [4.78, 5) is 17.5. The van der Waals surface area contributed by atoms with E-state index in [2.05, 4.69) is 93.7 Å². The summed E-state index contributed by atoms with van der Waals surface area (Å²) >= 11 is 3.77. The van der Waals surface area contributed by atoms with Gasteiger partial charge in [-0.15, -0.1) is 0 Å². The number of hydrogen-bond acceptors (Lipinski definition) is 2. The van der Waals surface area contributed by atoms with Gasteiger partial charge in [-0.2, -0.15) is 0 Å². The van der Waals surface area contributed by atoms with E-state index < -0.39 is 0 Å². The molecule has 7 rings (SSSR count). The summed E-state index contributed by atoms with van der Waals surface area (Å²) in [6.07, 6.45) is 11.7. The van der Waals surface area contributed by atoms with Crippen LogP contribution in [0, 0.1) is 51.2 Å². The van der Waals surface area contributed by atoms with E-state index >= 15 is 0 Å². The smallest absolute Gasteiger partial charge is 0.312 e. The summed E-state index contributed by atoms with van der Waals surface area (Å²) in [5.41, 5.74) is 6.24. The molecule has 3 nitrogen and oxygen atoms in total. The molecule has 0 aliphatic heterocycles. The molecule has 0 spiro atoms. The van der Waals surface area contributed by atoms with Crippen molar-refractivity contribution in [3.05, 3.63) is 45.6 Å². The van der Waals surface area contributed by atoms with Crippen molar-refractivity contribution >= 4 is 32.8 Å². The standard InChI is InChI=1S/C37H50BrNO2/c1-21-13-16-37(32(40)41-8)18-17-35(6)26(30(37)22(21)2)10-12-29-34(5)20-25-24-19-23(38)9-11-27(24)39-31(25)33(3,4)28(34)14-15-36(29,35)7/h9-11,19,21-22,28-30,39H,12-18,20H2,1-8H3/t21-,22+,28+,29-,30+,34+,35-,36-,37+/m1/s1. The molecule has 0 saturated heterocycles. The lowest BCUT2D eigenvalue weighted by Crippen LogP contribution is -2.65. The van der Waals surface area contributed by atoms with Crippen LogP contribution in [0.1, 0.15) is 105 Å². The van der Waals surface area contributed by atoms with E-state index in [9.17, 15) is 4.79 Å². The molecule has 5 aliphatic carbocycles. The normalized spacial score (nSPS) is 44.5. The number of nitrogens with one attached hydrogen (secondary N) is 1. The highest BCUT2D eigenvalue weighted by Crippen LogP contribution is 2.75. The maximum Gasteiger partial charge on any atom is 0.312 e. The highest BCUT2D eigenvalue weighted by atomic mass is 79.9. The lowest BCUT2D eigenvalue weighted by molar-refractivity contribution is -0.181. The van der Waals surface area contributed by atoms with Crippen LogP contribution in [0.2, 0.25) is 0 Å². The third-order valence-electron chi connectivity index (χ3n) is 14.8. The fourth-order valence-corrected chi connectivity index (χ4v) is 12.7. The molecule has 1 N–H and O–H groups in total. The molecule has 41 heavy (non-hydrogen) atoms. The summed E-state index contributed by atoms with van der Waals surface area (Å²) < 4.78 is 6.75. The van der Waals surface area contributed by atoms with Gasteiger partial charge in [0.15, 0.2) is 0 Å². The van der Waals surface area contributed by atoms with Gasteiger partial charge in [0.2, 0.25) is 0 Å². The van der Waals surface area contributed by atoms with Gasteiger partial charge in [-0.1, -0.05) is 76.0 Å². The molecule has 0 bridgehead atoms. The number of aromatic amines is 1. The summed E-state index contributed by atoms with van der Waals surface area (Å²) in [6.45, 7) is 17.8. The molecule has 9 atom stereocenters. The lowest BCUT2D eigenvalue weighted by atomic mass is 9.33. The molecule has 3 fully saturated rings. The molecular weight excluding hydrogens is 570 g/mol. The number of halogens is 1. The van der Waals surface area contributed by atoms with Gasteiger partial charge < -0.3 is 9.72 Å². The molecule has 1 heterocycles. The highest BCUT2D eigenvalue weighted by Gasteiger charge is 2.69. The van der Waals surface area contributed by atoms with Crippen LogP contribution in [0.25, 0.3) is 10.9 Å². The number of ether oxygens (including phenoxy) is 1. The van der Waals surface area contributed by atoms with E-state index in [0.29, 0.717) is 29.6 Å². The number of fused-ring (bicyclic) bond motifs is 10. The van der Waals surface area contributed by atoms with Gasteiger partial charge in [0.1, 0.15) is 0 Å². The topological polar surface area (TPSA) is 42.1 Å². The van der Waals surface area contributed by atoms with Crippen molar-refractivity contribution in [1.82, 2.24) is 4.98 Å². The first kappa shape index (κ1) is 28.2. The van der Waals surface area contributed by atoms with Crippen molar-refractivity contribution in [1.29, 1.82) is 0 Å². The van der Waals surface area contributed by atoms with Crippen molar-refractivity contribution < 1.29 is 9.53 Å². The summed E-state index contributed by atoms with van der Waals surface area (Å²) in [5, 5.41) is 1.40. The second-order valence-corrected chi connectivity index (χ2v) is 17.3. The quantitative estimate of drug-likeness (QED) is 0.255. The minimum Gasteiger partial charge on any atom is -0.469 e. The van der Waals surface area contributed by atoms with E-state index in [4.69, 9.17) is 4.74 Å². The zero-order valence-corrected chi connectivity index (χ0v) is 28.1. The SMILES string of the molecule is COC(=O)[C@]12CC[C@@H](C)[C@H](C)[C@H]1C1=CC[C@@H]3[C@@]4(C)Cc5c([nH]c6ccc(Br)cc56)C(C)(C)[C@@H]4CC[C@@]3(C)[C@]1(C)CC2. The zero-order chi connectivity index (χ0) is 29.3.